The molecule has 0 aliphatic carbocycles. The second-order valence-electron chi connectivity index (χ2n) is 3.71. The van der Waals surface area contributed by atoms with Crippen molar-refractivity contribution >= 4 is 26.0 Å². The Hall–Kier alpha value is -0.390. The summed E-state index contributed by atoms with van der Waals surface area (Å²) in [5.74, 6) is 0. The van der Waals surface area contributed by atoms with E-state index in [4.69, 9.17) is 0 Å². The molecule has 15 heavy (non-hydrogen) atoms. The third kappa shape index (κ3) is 1.96. The molecule has 1 fully saturated rings. The predicted octanol–water partition coefficient (Wildman–Crippen LogP) is 2.23. The van der Waals surface area contributed by atoms with E-state index in [0.29, 0.717) is 11.4 Å². The summed E-state index contributed by atoms with van der Waals surface area (Å²) in [6.45, 7) is 2.57. The van der Waals surface area contributed by atoms with E-state index in [2.05, 4.69) is 15.9 Å². The lowest BCUT2D eigenvalue weighted by Gasteiger charge is -2.37. The summed E-state index contributed by atoms with van der Waals surface area (Å²) in [6, 6.07) is 6.89. The van der Waals surface area contributed by atoms with Crippen LogP contribution >= 0.6 is 15.9 Å². The Kier molecular flexibility index (Phi) is 2.87. The minimum Gasteiger partial charge on any atom is -0.207 e. The molecular formula is C10H12BrNO2S. The van der Waals surface area contributed by atoms with Gasteiger partial charge in [0, 0.05) is 17.1 Å². The van der Waals surface area contributed by atoms with Crippen molar-refractivity contribution < 1.29 is 8.42 Å². The van der Waals surface area contributed by atoms with Crippen LogP contribution in [0.5, 0.6) is 0 Å². The van der Waals surface area contributed by atoms with Gasteiger partial charge in [0.25, 0.3) is 0 Å². The number of nitrogens with zero attached hydrogens (tertiary/aromatic N) is 1. The average molecular weight is 290 g/mol. The van der Waals surface area contributed by atoms with Crippen molar-refractivity contribution in [2.45, 2.75) is 24.3 Å². The van der Waals surface area contributed by atoms with Crippen LogP contribution in [0.25, 0.3) is 0 Å². The highest BCUT2D eigenvalue weighted by molar-refractivity contribution is 9.10. The molecule has 0 aromatic heterocycles. The maximum Gasteiger partial charge on any atom is 0.243 e. The van der Waals surface area contributed by atoms with Crippen LogP contribution in [-0.2, 0) is 10.0 Å². The minimum absolute atomic E-state index is 0.138. The predicted molar refractivity (Wildman–Crippen MR) is 62.1 cm³/mol. The van der Waals surface area contributed by atoms with E-state index >= 15 is 0 Å². The molecule has 82 valence electrons. The lowest BCUT2D eigenvalue weighted by Crippen LogP contribution is -2.49. The minimum atomic E-state index is -3.26. The van der Waals surface area contributed by atoms with Crippen molar-refractivity contribution in [1.82, 2.24) is 4.31 Å². The SMILES string of the molecule is CC1CCN1S(=O)(=O)c1ccc(Br)cc1. The van der Waals surface area contributed by atoms with Gasteiger partial charge in [-0.1, -0.05) is 15.9 Å². The summed E-state index contributed by atoms with van der Waals surface area (Å²) in [5, 5.41) is 0. The van der Waals surface area contributed by atoms with Crippen molar-refractivity contribution in [2.24, 2.45) is 0 Å². The summed E-state index contributed by atoms with van der Waals surface area (Å²) in [5.41, 5.74) is 0. The van der Waals surface area contributed by atoms with Gasteiger partial charge in [-0.15, -0.1) is 0 Å². The molecule has 1 aliphatic heterocycles. The van der Waals surface area contributed by atoms with Crippen LogP contribution in [0.3, 0.4) is 0 Å². The van der Waals surface area contributed by atoms with Crippen molar-refractivity contribution in [3.63, 3.8) is 0 Å². The number of sulfonamides is 1. The zero-order valence-corrected chi connectivity index (χ0v) is 10.8. The molecule has 1 aromatic carbocycles. The lowest BCUT2D eigenvalue weighted by atomic mass is 10.1. The molecule has 3 nitrogen and oxygen atoms in total. The van der Waals surface area contributed by atoms with E-state index in [1.165, 1.54) is 4.31 Å². The Morgan fingerprint density at radius 1 is 1.33 bits per heavy atom. The Labute approximate surface area is 98.3 Å². The highest BCUT2D eigenvalue weighted by Crippen LogP contribution is 2.27. The topological polar surface area (TPSA) is 37.4 Å². The van der Waals surface area contributed by atoms with Gasteiger partial charge >= 0.3 is 0 Å². The second-order valence-corrected chi connectivity index (χ2v) is 6.51. The van der Waals surface area contributed by atoms with E-state index in [0.717, 1.165) is 10.9 Å². The largest absolute Gasteiger partial charge is 0.243 e. The summed E-state index contributed by atoms with van der Waals surface area (Å²) in [7, 11) is -3.26. The molecule has 0 N–H and O–H groups in total. The van der Waals surface area contributed by atoms with Crippen LogP contribution in [0.2, 0.25) is 0 Å². The van der Waals surface area contributed by atoms with Gasteiger partial charge in [0.05, 0.1) is 4.90 Å². The molecule has 1 saturated heterocycles. The molecule has 5 heteroatoms. The molecule has 0 amide bonds. The van der Waals surface area contributed by atoms with Gasteiger partial charge in [-0.05, 0) is 37.6 Å². The number of halogens is 1. The highest BCUT2D eigenvalue weighted by Gasteiger charge is 2.35. The highest BCUT2D eigenvalue weighted by atomic mass is 79.9. The molecule has 0 radical (unpaired) electrons. The Bertz CT molecular complexity index is 455. The third-order valence-corrected chi connectivity index (χ3v) is 5.24. The number of benzene rings is 1. The van der Waals surface area contributed by atoms with Crippen LogP contribution in [0.15, 0.2) is 33.6 Å². The maximum atomic E-state index is 12.0. The van der Waals surface area contributed by atoms with Gasteiger partial charge in [-0.2, -0.15) is 4.31 Å². The zero-order chi connectivity index (χ0) is 11.1. The second kappa shape index (κ2) is 3.88. The van der Waals surface area contributed by atoms with Crippen molar-refractivity contribution in [1.29, 1.82) is 0 Å². The summed E-state index contributed by atoms with van der Waals surface area (Å²) in [4.78, 5) is 0.372. The quantitative estimate of drug-likeness (QED) is 0.837. The molecule has 0 saturated carbocycles. The molecule has 1 atom stereocenters. The lowest BCUT2D eigenvalue weighted by molar-refractivity contribution is 0.217. The normalized spacial score (nSPS) is 22.4. The summed E-state index contributed by atoms with van der Waals surface area (Å²) in [6.07, 6.45) is 0.954. The van der Waals surface area contributed by atoms with E-state index in [1.807, 2.05) is 6.92 Å². The molecular weight excluding hydrogens is 278 g/mol. The molecule has 1 aliphatic rings. The smallest absolute Gasteiger partial charge is 0.207 e. The van der Waals surface area contributed by atoms with Gasteiger partial charge in [0.1, 0.15) is 0 Å². The van der Waals surface area contributed by atoms with E-state index < -0.39 is 10.0 Å². The number of hydrogen-bond donors (Lipinski definition) is 0. The molecule has 1 heterocycles. The first-order valence-corrected chi connectivity index (χ1v) is 7.02. The maximum absolute atomic E-state index is 12.0. The van der Waals surface area contributed by atoms with Gasteiger partial charge in [-0.25, -0.2) is 8.42 Å². The summed E-state index contributed by atoms with van der Waals surface area (Å²) >= 11 is 3.28. The van der Waals surface area contributed by atoms with E-state index in [9.17, 15) is 8.42 Å². The fraction of sp³-hybridized carbons (Fsp3) is 0.400. The van der Waals surface area contributed by atoms with Gasteiger partial charge in [0.15, 0.2) is 0 Å². The molecule has 0 bridgehead atoms. The van der Waals surface area contributed by atoms with Gasteiger partial charge in [0.2, 0.25) is 10.0 Å². The van der Waals surface area contributed by atoms with Crippen LogP contribution in [0.1, 0.15) is 13.3 Å². The standard InChI is InChI=1S/C10H12BrNO2S/c1-8-6-7-12(8)15(13,14)10-4-2-9(11)3-5-10/h2-5,8H,6-7H2,1H3. The monoisotopic (exact) mass is 289 g/mol. The van der Waals surface area contributed by atoms with Crippen molar-refractivity contribution in [3.05, 3.63) is 28.7 Å². The Morgan fingerprint density at radius 3 is 2.33 bits per heavy atom. The van der Waals surface area contributed by atoms with E-state index in [1.54, 1.807) is 24.3 Å². The molecule has 0 spiro atoms. The molecule has 2 rings (SSSR count). The van der Waals surface area contributed by atoms with Crippen LogP contribution in [0, 0.1) is 0 Å². The van der Waals surface area contributed by atoms with Gasteiger partial charge < -0.3 is 0 Å². The third-order valence-electron chi connectivity index (χ3n) is 2.68. The van der Waals surface area contributed by atoms with Crippen molar-refractivity contribution in [2.75, 3.05) is 6.54 Å². The first-order valence-electron chi connectivity index (χ1n) is 4.79. The Morgan fingerprint density at radius 2 is 1.93 bits per heavy atom. The molecule has 1 aromatic rings. The fourth-order valence-electron chi connectivity index (χ4n) is 1.59. The average Bonchev–Trinajstić information content (AvgIpc) is 2.15. The summed E-state index contributed by atoms with van der Waals surface area (Å²) < 4.78 is 26.5. The first kappa shape index (κ1) is 11.1. The Balaban J connectivity index is 2.33. The van der Waals surface area contributed by atoms with E-state index in [-0.39, 0.29) is 6.04 Å². The fourth-order valence-corrected chi connectivity index (χ4v) is 3.53. The number of rotatable bonds is 2. The zero-order valence-electron chi connectivity index (χ0n) is 8.35. The molecule has 1 unspecified atom stereocenters. The number of hydrogen-bond acceptors (Lipinski definition) is 2. The van der Waals surface area contributed by atoms with Gasteiger partial charge in [-0.3, -0.25) is 0 Å². The van der Waals surface area contributed by atoms with Crippen LogP contribution < -0.4 is 0 Å². The van der Waals surface area contributed by atoms with Crippen LogP contribution in [0.4, 0.5) is 0 Å². The van der Waals surface area contributed by atoms with Crippen molar-refractivity contribution in [3.8, 4) is 0 Å². The van der Waals surface area contributed by atoms with Crippen LogP contribution in [-0.4, -0.2) is 25.3 Å². The first-order chi connectivity index (χ1) is 7.01.